The largest absolute Gasteiger partial charge is 0.464 e. The molecule has 3 N–H and O–H groups in total. The van der Waals surface area contributed by atoms with Gasteiger partial charge in [-0.15, -0.1) is 0 Å². The van der Waals surface area contributed by atoms with Gasteiger partial charge in [0.1, 0.15) is 42.2 Å². The molecule has 1 aromatic carbocycles. The summed E-state index contributed by atoms with van der Waals surface area (Å²) in [5.74, 6) is -0.169. The molecule has 200 valence electrons. The van der Waals surface area contributed by atoms with E-state index in [9.17, 15) is 9.36 Å². The zero-order valence-corrected chi connectivity index (χ0v) is 21.3. The molecule has 0 amide bonds. The summed E-state index contributed by atoms with van der Waals surface area (Å²) in [5, 5.41) is 2.75. The highest BCUT2D eigenvalue weighted by Gasteiger charge is 2.58. The van der Waals surface area contributed by atoms with Crippen molar-refractivity contribution in [3.8, 4) is 5.75 Å². The van der Waals surface area contributed by atoms with Crippen molar-refractivity contribution in [2.45, 2.75) is 44.2 Å². The standard InChI is InChI=1S/C24H26FN6O6P/c1-13(24(32)34-9-14-7-8-14)30-38(33,37-15-5-3-2-4-6-15)12-35-19-16-17(25)23(36-20(16)19)31-11-29-18-21(26)27-10-28-22(18)31/h2-6,10-11,13-14,19-20,23H,7-9,12H2,1H3,(H,30,33)(H2,26,27,28)/t13-,19?,20-,23+,38?/m0/s1. The molecule has 5 atom stereocenters. The lowest BCUT2D eigenvalue weighted by Gasteiger charge is -2.24. The highest BCUT2D eigenvalue weighted by atomic mass is 31.2. The first-order chi connectivity index (χ1) is 18.3. The minimum Gasteiger partial charge on any atom is -0.464 e. The fourth-order valence-electron chi connectivity index (χ4n) is 4.26. The normalized spacial score (nSPS) is 24.6. The first-order valence-electron chi connectivity index (χ1n) is 12.2. The number of carbonyl (C=O) groups is 1. The van der Waals surface area contributed by atoms with E-state index in [4.69, 9.17) is 24.5 Å². The number of nitrogen functional groups attached to an aromatic ring is 1. The molecule has 1 aliphatic heterocycles. The maximum absolute atomic E-state index is 15.3. The Morgan fingerprint density at radius 2 is 2.08 bits per heavy atom. The smallest absolute Gasteiger partial charge is 0.342 e. The van der Waals surface area contributed by atoms with E-state index in [1.165, 1.54) is 17.2 Å². The molecule has 12 nitrogen and oxygen atoms in total. The highest BCUT2D eigenvalue weighted by molar-refractivity contribution is 7.57. The Kier molecular flexibility index (Phi) is 6.39. The van der Waals surface area contributed by atoms with Gasteiger partial charge in [0.25, 0.3) is 0 Å². The molecule has 0 radical (unpaired) electrons. The van der Waals surface area contributed by atoms with Gasteiger partial charge in [0, 0.05) is 5.57 Å². The molecular formula is C24H26FN6O6P. The predicted octanol–water partition coefficient (Wildman–Crippen LogP) is 3.09. The number of nitrogens with two attached hydrogens (primary N) is 1. The van der Waals surface area contributed by atoms with Crippen LogP contribution in [0.1, 0.15) is 26.0 Å². The molecular weight excluding hydrogens is 518 g/mol. The lowest BCUT2D eigenvalue weighted by atomic mass is 10.3. The number of esters is 1. The van der Waals surface area contributed by atoms with Crippen LogP contribution in [0.15, 0.2) is 54.4 Å². The van der Waals surface area contributed by atoms with Crippen LogP contribution in [0.5, 0.6) is 5.75 Å². The van der Waals surface area contributed by atoms with Crippen molar-refractivity contribution in [3.05, 3.63) is 54.4 Å². The van der Waals surface area contributed by atoms with Gasteiger partial charge >= 0.3 is 13.5 Å². The number of benzene rings is 1. The summed E-state index contributed by atoms with van der Waals surface area (Å²) in [6.45, 7) is 1.88. The quantitative estimate of drug-likeness (QED) is 0.270. The monoisotopic (exact) mass is 544 g/mol. The fraction of sp³-hybridized carbons (Fsp3) is 0.417. The second-order valence-corrected chi connectivity index (χ2v) is 11.6. The van der Waals surface area contributed by atoms with Crippen LogP contribution < -0.4 is 15.3 Å². The number of anilines is 1. The summed E-state index contributed by atoms with van der Waals surface area (Å²) >= 11 is 0. The second-order valence-electron chi connectivity index (χ2n) is 9.51. The van der Waals surface area contributed by atoms with Crippen LogP contribution in [-0.2, 0) is 23.6 Å². The van der Waals surface area contributed by atoms with Crippen LogP contribution in [0.4, 0.5) is 10.2 Å². The number of carbonyl (C=O) groups excluding carboxylic acids is 1. The third-order valence-corrected chi connectivity index (χ3v) is 8.28. The number of rotatable bonds is 11. The lowest BCUT2D eigenvalue weighted by Crippen LogP contribution is -2.36. The first-order valence-corrected chi connectivity index (χ1v) is 14.0. The molecule has 14 heteroatoms. The molecule has 3 heterocycles. The summed E-state index contributed by atoms with van der Waals surface area (Å²) in [7, 11) is -3.78. The van der Waals surface area contributed by atoms with Gasteiger partial charge in [0.15, 0.2) is 23.5 Å². The van der Waals surface area contributed by atoms with Crippen LogP contribution in [-0.4, -0.2) is 56.7 Å². The van der Waals surface area contributed by atoms with Crippen molar-refractivity contribution >= 4 is 30.5 Å². The Bertz CT molecular complexity index is 1450. The minimum atomic E-state index is -3.78. The molecule has 2 aliphatic carbocycles. The number of nitrogens with one attached hydrogen (secondary N) is 1. The Balaban J connectivity index is 1.14. The van der Waals surface area contributed by atoms with Gasteiger partial charge in [0.05, 0.1) is 12.9 Å². The van der Waals surface area contributed by atoms with E-state index >= 15 is 4.39 Å². The van der Waals surface area contributed by atoms with Gasteiger partial charge in [-0.1, -0.05) is 18.2 Å². The van der Waals surface area contributed by atoms with Gasteiger partial charge in [-0.25, -0.2) is 24.4 Å². The maximum Gasteiger partial charge on any atom is 0.342 e. The lowest BCUT2D eigenvalue weighted by molar-refractivity contribution is -0.145. The summed E-state index contributed by atoms with van der Waals surface area (Å²) in [6, 6.07) is 7.61. The Hall–Kier alpha value is -3.38. The van der Waals surface area contributed by atoms with Crippen LogP contribution in [0, 0.1) is 5.92 Å². The molecule has 0 saturated heterocycles. The molecule has 0 spiro atoms. The number of hydrogen-bond acceptors (Lipinski definition) is 10. The van der Waals surface area contributed by atoms with E-state index < -0.39 is 50.1 Å². The third-order valence-electron chi connectivity index (χ3n) is 6.51. The second kappa shape index (κ2) is 9.73. The summed E-state index contributed by atoms with van der Waals surface area (Å²) in [6.07, 6.45) is 1.83. The van der Waals surface area contributed by atoms with Gasteiger partial charge < -0.3 is 24.5 Å². The Morgan fingerprint density at radius 1 is 1.29 bits per heavy atom. The molecule has 2 unspecified atom stereocenters. The van der Waals surface area contributed by atoms with Gasteiger partial charge in [-0.05, 0) is 37.8 Å². The fourth-order valence-corrected chi connectivity index (χ4v) is 5.95. The van der Waals surface area contributed by atoms with E-state index in [1.807, 2.05) is 0 Å². The van der Waals surface area contributed by atoms with E-state index in [1.54, 1.807) is 37.3 Å². The molecule has 3 aromatic rings. The molecule has 0 bridgehead atoms. The van der Waals surface area contributed by atoms with Crippen LogP contribution in [0.3, 0.4) is 0 Å². The zero-order chi connectivity index (χ0) is 26.4. The van der Waals surface area contributed by atoms with Crippen LogP contribution in [0.2, 0.25) is 0 Å². The third kappa shape index (κ3) is 4.90. The van der Waals surface area contributed by atoms with Crippen LogP contribution in [0.25, 0.3) is 11.2 Å². The topological polar surface area (TPSA) is 153 Å². The molecule has 2 aromatic heterocycles. The Labute approximate surface area is 216 Å². The molecule has 38 heavy (non-hydrogen) atoms. The first kappa shape index (κ1) is 24.9. The zero-order valence-electron chi connectivity index (χ0n) is 20.4. The minimum absolute atomic E-state index is 0.179. The Morgan fingerprint density at radius 3 is 2.79 bits per heavy atom. The number of imidazole rings is 1. The summed E-state index contributed by atoms with van der Waals surface area (Å²) in [4.78, 5) is 24.6. The van der Waals surface area contributed by atoms with Crippen molar-refractivity contribution in [1.82, 2.24) is 24.6 Å². The number of halogens is 1. The predicted molar refractivity (Wildman–Crippen MR) is 132 cm³/mol. The van der Waals surface area contributed by atoms with Crippen molar-refractivity contribution < 1.29 is 32.5 Å². The molecule has 3 aliphatic rings. The molecule has 2 saturated carbocycles. The van der Waals surface area contributed by atoms with Gasteiger partial charge in [-0.3, -0.25) is 13.9 Å². The van der Waals surface area contributed by atoms with E-state index in [-0.39, 0.29) is 5.82 Å². The number of para-hydroxylation sites is 1. The average molecular weight is 544 g/mol. The van der Waals surface area contributed by atoms with Crippen LogP contribution >= 0.6 is 7.52 Å². The van der Waals surface area contributed by atoms with Crippen molar-refractivity contribution in [1.29, 1.82) is 0 Å². The van der Waals surface area contributed by atoms with Crippen molar-refractivity contribution in [2.24, 2.45) is 5.92 Å². The number of nitrogens with zero attached hydrogens (tertiary/aromatic N) is 4. The maximum atomic E-state index is 15.3. The van der Waals surface area contributed by atoms with Crippen molar-refractivity contribution in [3.63, 3.8) is 0 Å². The van der Waals surface area contributed by atoms with E-state index in [0.717, 1.165) is 12.8 Å². The average Bonchev–Trinajstić information content (AvgIpc) is 3.78. The van der Waals surface area contributed by atoms with Gasteiger partial charge in [-0.2, -0.15) is 0 Å². The van der Waals surface area contributed by atoms with Crippen molar-refractivity contribution in [2.75, 3.05) is 18.7 Å². The number of aromatic nitrogens is 4. The summed E-state index contributed by atoms with van der Waals surface area (Å²) < 4.78 is 53.1. The summed E-state index contributed by atoms with van der Waals surface area (Å²) in [5.41, 5.74) is 6.80. The highest BCUT2D eigenvalue weighted by Crippen LogP contribution is 2.54. The van der Waals surface area contributed by atoms with Gasteiger partial charge in [0.2, 0.25) is 0 Å². The number of fused-ring (bicyclic) bond motifs is 2. The molecule has 2 fully saturated rings. The number of hydrogen-bond donors (Lipinski definition) is 2. The number of ether oxygens (including phenoxy) is 3. The van der Waals surface area contributed by atoms with E-state index in [0.29, 0.717) is 35.0 Å². The van der Waals surface area contributed by atoms with E-state index in [2.05, 4.69) is 20.0 Å². The SMILES string of the molecule is C[C@H](NP(=O)(COC1C2=C(F)[C@H](n3cnc4c(N)ncnc43)O[C@@H]21)Oc1ccccc1)C(=O)OCC1CC1. The molecule has 6 rings (SSSR count).